The van der Waals surface area contributed by atoms with Gasteiger partial charge in [-0.25, -0.2) is 8.42 Å². The molecule has 0 unspecified atom stereocenters. The molecular weight excluding hydrogens is 348 g/mol. The summed E-state index contributed by atoms with van der Waals surface area (Å²) in [7, 11) is -3.58. The third kappa shape index (κ3) is 4.10. The number of thioether (sulfide) groups is 1. The number of fused-ring (bicyclic) bond motifs is 1. The maximum absolute atomic E-state index is 12.5. The van der Waals surface area contributed by atoms with Crippen molar-refractivity contribution in [2.75, 3.05) is 24.2 Å². The van der Waals surface area contributed by atoms with Crippen LogP contribution in [0.4, 0.5) is 5.69 Å². The summed E-state index contributed by atoms with van der Waals surface area (Å²) in [6, 6.07) is 4.71. The highest BCUT2D eigenvalue weighted by Crippen LogP contribution is 2.36. The maximum Gasteiger partial charge on any atom is 0.237 e. The highest BCUT2D eigenvalue weighted by molar-refractivity contribution is 8.01. The molecule has 1 N–H and O–H groups in total. The van der Waals surface area contributed by atoms with Gasteiger partial charge in [0, 0.05) is 24.4 Å². The lowest BCUT2D eigenvalue weighted by Crippen LogP contribution is -2.31. The number of rotatable bonds is 6. The quantitative estimate of drug-likeness (QED) is 0.829. The largest absolute Gasteiger partial charge is 0.343 e. The minimum absolute atomic E-state index is 0.0424. The molecule has 1 aromatic rings. The van der Waals surface area contributed by atoms with E-state index in [0.29, 0.717) is 18.8 Å². The zero-order chi connectivity index (χ0) is 17.9. The molecule has 0 spiro atoms. The first kappa shape index (κ1) is 18.8. The third-order valence-electron chi connectivity index (χ3n) is 3.94. The normalized spacial score (nSPS) is 17.1. The number of amides is 2. The Balaban J connectivity index is 2.14. The number of hydrogen-bond acceptors (Lipinski definition) is 5. The molecule has 6 nitrogen and oxygen atoms in total. The molecule has 132 valence electrons. The van der Waals surface area contributed by atoms with Crippen molar-refractivity contribution in [3.8, 4) is 0 Å². The molecule has 8 heteroatoms. The monoisotopic (exact) mass is 370 g/mol. The summed E-state index contributed by atoms with van der Waals surface area (Å²) in [4.78, 5) is 26.3. The van der Waals surface area contributed by atoms with Crippen molar-refractivity contribution in [2.45, 2.75) is 42.2 Å². The standard InChI is InChI=1S/C16H22N2O4S2/c1-4-18(5-2)15(19)8-9-24(21,22)12-6-7-14-13(10-12)17-16(20)11(3)23-14/h6-7,10-11H,4-5,8-9H2,1-3H3,(H,17,20)/t11-/m0/s1. The summed E-state index contributed by atoms with van der Waals surface area (Å²) in [5.41, 5.74) is 0.513. The number of sulfone groups is 1. The number of benzene rings is 1. The van der Waals surface area contributed by atoms with Gasteiger partial charge in [0.1, 0.15) is 0 Å². The fraction of sp³-hybridized carbons (Fsp3) is 0.500. The molecule has 1 aliphatic heterocycles. The van der Waals surface area contributed by atoms with Crippen LogP contribution in [0.15, 0.2) is 28.0 Å². The van der Waals surface area contributed by atoms with Crippen LogP contribution < -0.4 is 5.32 Å². The summed E-state index contributed by atoms with van der Waals surface area (Å²) in [6.07, 6.45) is -0.0424. The Bertz CT molecular complexity index is 742. The van der Waals surface area contributed by atoms with Crippen LogP contribution >= 0.6 is 11.8 Å². The number of nitrogens with zero attached hydrogens (tertiary/aromatic N) is 1. The number of carbonyl (C=O) groups is 2. The van der Waals surface area contributed by atoms with E-state index < -0.39 is 9.84 Å². The number of nitrogens with one attached hydrogen (secondary N) is 1. The van der Waals surface area contributed by atoms with Crippen LogP contribution in [0.1, 0.15) is 27.2 Å². The zero-order valence-electron chi connectivity index (χ0n) is 14.0. The van der Waals surface area contributed by atoms with Crippen molar-refractivity contribution in [1.82, 2.24) is 4.90 Å². The van der Waals surface area contributed by atoms with E-state index in [9.17, 15) is 18.0 Å². The maximum atomic E-state index is 12.5. The molecule has 0 saturated heterocycles. The van der Waals surface area contributed by atoms with Crippen LogP contribution in [0.3, 0.4) is 0 Å². The minimum Gasteiger partial charge on any atom is -0.343 e. The van der Waals surface area contributed by atoms with Crippen molar-refractivity contribution in [1.29, 1.82) is 0 Å². The van der Waals surface area contributed by atoms with E-state index in [0.717, 1.165) is 4.90 Å². The smallest absolute Gasteiger partial charge is 0.237 e. The van der Waals surface area contributed by atoms with Crippen molar-refractivity contribution in [2.24, 2.45) is 0 Å². The Labute approximate surface area is 146 Å². The van der Waals surface area contributed by atoms with E-state index in [-0.39, 0.29) is 34.1 Å². The lowest BCUT2D eigenvalue weighted by atomic mass is 10.3. The molecule has 24 heavy (non-hydrogen) atoms. The molecule has 1 heterocycles. The Morgan fingerprint density at radius 2 is 1.96 bits per heavy atom. The lowest BCUT2D eigenvalue weighted by Gasteiger charge is -2.22. The molecule has 2 amide bonds. The molecule has 0 aromatic heterocycles. The Morgan fingerprint density at radius 3 is 2.58 bits per heavy atom. The van der Waals surface area contributed by atoms with Gasteiger partial charge in [-0.15, -0.1) is 11.8 Å². The topological polar surface area (TPSA) is 83.6 Å². The average molecular weight is 370 g/mol. The van der Waals surface area contributed by atoms with Crippen molar-refractivity contribution in [3.63, 3.8) is 0 Å². The molecule has 2 rings (SSSR count). The van der Waals surface area contributed by atoms with E-state index in [1.165, 1.54) is 23.9 Å². The van der Waals surface area contributed by atoms with Gasteiger partial charge in [-0.05, 0) is 39.0 Å². The first-order valence-corrected chi connectivity index (χ1v) is 10.4. The lowest BCUT2D eigenvalue weighted by molar-refractivity contribution is -0.130. The number of carbonyl (C=O) groups excluding carboxylic acids is 2. The highest BCUT2D eigenvalue weighted by Gasteiger charge is 2.25. The van der Waals surface area contributed by atoms with Crippen LogP contribution in [-0.2, 0) is 19.4 Å². The van der Waals surface area contributed by atoms with Gasteiger partial charge in [0.15, 0.2) is 9.84 Å². The van der Waals surface area contributed by atoms with Crippen molar-refractivity contribution < 1.29 is 18.0 Å². The molecule has 1 atom stereocenters. The Kier molecular flexibility index (Phi) is 5.92. The van der Waals surface area contributed by atoms with E-state index in [1.54, 1.807) is 17.9 Å². The molecule has 0 radical (unpaired) electrons. The molecule has 1 aliphatic rings. The van der Waals surface area contributed by atoms with Gasteiger partial charge < -0.3 is 10.2 Å². The Morgan fingerprint density at radius 1 is 1.29 bits per heavy atom. The molecule has 0 saturated carbocycles. The fourth-order valence-electron chi connectivity index (χ4n) is 2.46. The predicted octanol–water partition coefficient (Wildman–Crippen LogP) is 2.15. The highest BCUT2D eigenvalue weighted by atomic mass is 32.2. The van der Waals surface area contributed by atoms with E-state index in [1.807, 2.05) is 13.8 Å². The number of anilines is 1. The van der Waals surface area contributed by atoms with Crippen LogP contribution in [0, 0.1) is 0 Å². The molecular formula is C16H22N2O4S2. The minimum atomic E-state index is -3.58. The van der Waals surface area contributed by atoms with Crippen LogP contribution in [0.2, 0.25) is 0 Å². The third-order valence-corrected chi connectivity index (χ3v) is 6.83. The van der Waals surface area contributed by atoms with Crippen molar-refractivity contribution >= 4 is 39.1 Å². The van der Waals surface area contributed by atoms with Gasteiger partial charge in [-0.3, -0.25) is 9.59 Å². The van der Waals surface area contributed by atoms with Gasteiger partial charge in [0.2, 0.25) is 11.8 Å². The molecule has 1 aromatic carbocycles. The van der Waals surface area contributed by atoms with Gasteiger partial charge in [0.25, 0.3) is 0 Å². The SMILES string of the molecule is CCN(CC)C(=O)CCS(=O)(=O)c1ccc2c(c1)NC(=O)[C@H](C)S2. The average Bonchev–Trinajstić information content (AvgIpc) is 2.55. The second kappa shape index (κ2) is 7.57. The van der Waals surface area contributed by atoms with Crippen LogP contribution in [0.25, 0.3) is 0 Å². The first-order valence-electron chi connectivity index (χ1n) is 7.90. The van der Waals surface area contributed by atoms with E-state index >= 15 is 0 Å². The summed E-state index contributed by atoms with van der Waals surface area (Å²) in [6.45, 7) is 6.65. The van der Waals surface area contributed by atoms with E-state index in [2.05, 4.69) is 5.32 Å². The van der Waals surface area contributed by atoms with Gasteiger partial charge in [0.05, 0.1) is 21.6 Å². The molecule has 0 fully saturated rings. The van der Waals surface area contributed by atoms with Crippen molar-refractivity contribution in [3.05, 3.63) is 18.2 Å². The van der Waals surface area contributed by atoms with E-state index in [4.69, 9.17) is 0 Å². The molecule has 0 aliphatic carbocycles. The first-order chi connectivity index (χ1) is 11.3. The molecule has 0 bridgehead atoms. The Hall–Kier alpha value is -1.54. The van der Waals surface area contributed by atoms with Crippen LogP contribution in [-0.4, -0.2) is 49.2 Å². The van der Waals surface area contributed by atoms with Gasteiger partial charge >= 0.3 is 0 Å². The number of hydrogen-bond donors (Lipinski definition) is 1. The van der Waals surface area contributed by atoms with Gasteiger partial charge in [-0.2, -0.15) is 0 Å². The predicted molar refractivity (Wildman–Crippen MR) is 95.0 cm³/mol. The second-order valence-electron chi connectivity index (χ2n) is 5.54. The summed E-state index contributed by atoms with van der Waals surface area (Å²) >= 11 is 1.40. The summed E-state index contributed by atoms with van der Waals surface area (Å²) in [5, 5.41) is 2.52. The van der Waals surface area contributed by atoms with Crippen LogP contribution in [0.5, 0.6) is 0 Å². The van der Waals surface area contributed by atoms with Gasteiger partial charge in [-0.1, -0.05) is 0 Å². The summed E-state index contributed by atoms with van der Waals surface area (Å²) < 4.78 is 25.0. The fourth-order valence-corrected chi connectivity index (χ4v) is 4.64. The summed E-state index contributed by atoms with van der Waals surface area (Å²) in [5.74, 6) is -0.545. The zero-order valence-corrected chi connectivity index (χ0v) is 15.7. The second-order valence-corrected chi connectivity index (χ2v) is 9.03.